The first kappa shape index (κ1) is 21.3. The van der Waals surface area contributed by atoms with Crippen LogP contribution in [0.2, 0.25) is 0 Å². The van der Waals surface area contributed by atoms with Gasteiger partial charge in [0.25, 0.3) is 5.91 Å². The first-order chi connectivity index (χ1) is 13.7. The third kappa shape index (κ3) is 4.97. The van der Waals surface area contributed by atoms with E-state index in [0.29, 0.717) is 44.8 Å². The van der Waals surface area contributed by atoms with Crippen molar-refractivity contribution in [1.82, 2.24) is 25.3 Å². The van der Waals surface area contributed by atoms with Crippen LogP contribution in [0, 0.1) is 0 Å². The molecule has 1 aromatic heterocycles. The predicted molar refractivity (Wildman–Crippen MR) is 113 cm³/mol. The van der Waals surface area contributed by atoms with Crippen LogP contribution in [-0.4, -0.2) is 64.5 Å². The van der Waals surface area contributed by atoms with Crippen molar-refractivity contribution in [3.05, 3.63) is 52.8 Å². The zero-order valence-corrected chi connectivity index (χ0v) is 17.3. The molecule has 0 bridgehead atoms. The lowest BCUT2D eigenvalue weighted by Gasteiger charge is -2.34. The Hall–Kier alpha value is -2.38. The minimum absolute atomic E-state index is 0. The number of benzene rings is 1. The molecule has 0 saturated carbocycles. The van der Waals surface area contributed by atoms with E-state index in [1.165, 1.54) is 5.56 Å². The van der Waals surface area contributed by atoms with Gasteiger partial charge < -0.3 is 15.1 Å². The third-order valence-electron chi connectivity index (χ3n) is 5.63. The second-order valence-electron chi connectivity index (χ2n) is 7.47. The topological polar surface area (TPSA) is 81.3 Å². The van der Waals surface area contributed by atoms with E-state index in [1.54, 1.807) is 0 Å². The van der Waals surface area contributed by atoms with Crippen molar-refractivity contribution >= 4 is 24.2 Å². The van der Waals surface area contributed by atoms with E-state index in [-0.39, 0.29) is 24.2 Å². The summed E-state index contributed by atoms with van der Waals surface area (Å²) in [6.45, 7) is 3.93. The fraction of sp³-hybridized carbons (Fsp3) is 0.476. The maximum atomic E-state index is 12.9. The van der Waals surface area contributed by atoms with E-state index >= 15 is 0 Å². The highest BCUT2D eigenvalue weighted by atomic mass is 35.5. The number of fused-ring (bicyclic) bond motifs is 1. The largest absolute Gasteiger partial charge is 0.339 e. The Morgan fingerprint density at radius 1 is 1.03 bits per heavy atom. The molecular weight excluding hydrogens is 390 g/mol. The fourth-order valence-electron chi connectivity index (χ4n) is 3.96. The molecule has 0 atom stereocenters. The summed E-state index contributed by atoms with van der Waals surface area (Å²) in [7, 11) is 0. The number of piperazine rings is 1. The number of halogens is 1. The number of hydrogen-bond donors (Lipinski definition) is 2. The van der Waals surface area contributed by atoms with Crippen molar-refractivity contribution in [2.75, 3.05) is 32.7 Å². The standard InChI is InChI=1S/C21H27N5O2.ClH/c27-19(8-4-7-16-5-2-1-3-6-16)25-11-13-26(14-12-25)21(28)20-17-15-22-10-9-18(17)23-24-20;/h1-3,5-6,22H,4,7-15H2,(H,23,24);1H. The van der Waals surface area contributed by atoms with E-state index < -0.39 is 0 Å². The van der Waals surface area contributed by atoms with Crippen molar-refractivity contribution in [3.8, 4) is 0 Å². The normalized spacial score (nSPS) is 16.1. The van der Waals surface area contributed by atoms with Crippen molar-refractivity contribution < 1.29 is 9.59 Å². The van der Waals surface area contributed by atoms with Gasteiger partial charge in [-0.3, -0.25) is 14.7 Å². The SMILES string of the molecule is Cl.O=C(CCCc1ccccc1)N1CCN(C(=O)c2n[nH]c3c2CNCC3)CC1. The molecular formula is C21H28ClN5O2. The second-order valence-corrected chi connectivity index (χ2v) is 7.47. The highest BCUT2D eigenvalue weighted by Gasteiger charge is 2.29. The maximum Gasteiger partial charge on any atom is 0.274 e. The molecule has 2 aliphatic heterocycles. The van der Waals surface area contributed by atoms with Gasteiger partial charge in [0.15, 0.2) is 5.69 Å². The molecule has 1 aromatic carbocycles. The molecule has 0 unspecified atom stereocenters. The summed E-state index contributed by atoms with van der Waals surface area (Å²) in [6.07, 6.45) is 3.21. The molecule has 1 fully saturated rings. The first-order valence-electron chi connectivity index (χ1n) is 10.1. The highest BCUT2D eigenvalue weighted by molar-refractivity contribution is 5.94. The van der Waals surface area contributed by atoms with Crippen LogP contribution in [-0.2, 0) is 24.2 Å². The van der Waals surface area contributed by atoms with Gasteiger partial charge in [-0.1, -0.05) is 30.3 Å². The van der Waals surface area contributed by atoms with Crippen LogP contribution >= 0.6 is 12.4 Å². The maximum absolute atomic E-state index is 12.9. The Morgan fingerprint density at radius 3 is 2.52 bits per heavy atom. The van der Waals surface area contributed by atoms with E-state index in [0.717, 1.165) is 37.1 Å². The van der Waals surface area contributed by atoms with Gasteiger partial charge in [-0.15, -0.1) is 12.4 Å². The minimum Gasteiger partial charge on any atom is -0.339 e. The lowest BCUT2D eigenvalue weighted by Crippen LogP contribution is -2.50. The lowest BCUT2D eigenvalue weighted by molar-refractivity contribution is -0.132. The number of amides is 2. The molecule has 2 aliphatic rings. The zero-order valence-electron chi connectivity index (χ0n) is 16.5. The van der Waals surface area contributed by atoms with Crippen molar-refractivity contribution in [1.29, 1.82) is 0 Å². The minimum atomic E-state index is -0.0302. The van der Waals surface area contributed by atoms with E-state index in [4.69, 9.17) is 0 Å². The first-order valence-corrected chi connectivity index (χ1v) is 10.1. The molecule has 29 heavy (non-hydrogen) atoms. The number of aryl methyl sites for hydroxylation is 1. The monoisotopic (exact) mass is 417 g/mol. The second kappa shape index (κ2) is 9.89. The van der Waals surface area contributed by atoms with Gasteiger partial charge in [0.2, 0.25) is 5.91 Å². The molecule has 0 aliphatic carbocycles. The van der Waals surface area contributed by atoms with Gasteiger partial charge in [0, 0.05) is 63.4 Å². The zero-order chi connectivity index (χ0) is 19.3. The number of rotatable bonds is 5. The number of aromatic amines is 1. The molecule has 2 amide bonds. The Labute approximate surface area is 177 Å². The summed E-state index contributed by atoms with van der Waals surface area (Å²) >= 11 is 0. The van der Waals surface area contributed by atoms with Crippen LogP contribution in [0.3, 0.4) is 0 Å². The average Bonchev–Trinajstić information content (AvgIpc) is 3.18. The quantitative estimate of drug-likeness (QED) is 0.777. The van der Waals surface area contributed by atoms with Crippen LogP contribution in [0.1, 0.15) is 40.2 Å². The summed E-state index contributed by atoms with van der Waals surface area (Å²) in [6, 6.07) is 10.3. The van der Waals surface area contributed by atoms with Gasteiger partial charge in [0.1, 0.15) is 0 Å². The molecule has 2 aromatic rings. The summed E-state index contributed by atoms with van der Waals surface area (Å²) in [5, 5.41) is 10.6. The predicted octanol–water partition coefficient (Wildman–Crippen LogP) is 1.78. The van der Waals surface area contributed by atoms with Crippen molar-refractivity contribution in [2.45, 2.75) is 32.2 Å². The van der Waals surface area contributed by atoms with Crippen LogP contribution in [0.4, 0.5) is 0 Å². The van der Waals surface area contributed by atoms with Crippen LogP contribution in [0.15, 0.2) is 30.3 Å². The van der Waals surface area contributed by atoms with Crippen LogP contribution in [0.25, 0.3) is 0 Å². The number of nitrogens with zero attached hydrogens (tertiary/aromatic N) is 3. The average molecular weight is 418 g/mol. The lowest BCUT2D eigenvalue weighted by atomic mass is 10.1. The van der Waals surface area contributed by atoms with Crippen molar-refractivity contribution in [2.24, 2.45) is 0 Å². The van der Waals surface area contributed by atoms with Gasteiger partial charge in [-0.2, -0.15) is 5.10 Å². The molecule has 0 radical (unpaired) electrons. The highest BCUT2D eigenvalue weighted by Crippen LogP contribution is 2.18. The molecule has 1 saturated heterocycles. The van der Waals surface area contributed by atoms with Crippen LogP contribution in [0.5, 0.6) is 0 Å². The Morgan fingerprint density at radius 2 is 1.76 bits per heavy atom. The molecule has 4 rings (SSSR count). The van der Waals surface area contributed by atoms with Gasteiger partial charge in [-0.05, 0) is 18.4 Å². The van der Waals surface area contributed by atoms with E-state index in [1.807, 2.05) is 28.0 Å². The van der Waals surface area contributed by atoms with E-state index in [9.17, 15) is 9.59 Å². The third-order valence-corrected chi connectivity index (χ3v) is 5.63. The van der Waals surface area contributed by atoms with Gasteiger partial charge >= 0.3 is 0 Å². The molecule has 7 nitrogen and oxygen atoms in total. The molecule has 0 spiro atoms. The number of aromatic nitrogens is 2. The molecule has 2 N–H and O–H groups in total. The number of carbonyl (C=O) groups is 2. The summed E-state index contributed by atoms with van der Waals surface area (Å²) in [5.41, 5.74) is 3.86. The fourth-order valence-corrected chi connectivity index (χ4v) is 3.96. The molecule has 156 valence electrons. The Balaban J connectivity index is 0.00000240. The number of H-pyrrole nitrogens is 1. The number of nitrogens with one attached hydrogen (secondary N) is 2. The Kier molecular flexibility index (Phi) is 7.28. The summed E-state index contributed by atoms with van der Waals surface area (Å²) in [5.74, 6) is 0.154. The summed E-state index contributed by atoms with van der Waals surface area (Å²) < 4.78 is 0. The molecule has 3 heterocycles. The number of carbonyl (C=O) groups excluding carboxylic acids is 2. The molecule has 8 heteroatoms. The van der Waals surface area contributed by atoms with Crippen molar-refractivity contribution in [3.63, 3.8) is 0 Å². The Bertz CT molecular complexity index is 831. The van der Waals surface area contributed by atoms with Gasteiger partial charge in [-0.25, -0.2) is 0 Å². The van der Waals surface area contributed by atoms with Crippen LogP contribution < -0.4 is 5.32 Å². The van der Waals surface area contributed by atoms with Gasteiger partial charge in [0.05, 0.1) is 0 Å². The number of hydrogen-bond acceptors (Lipinski definition) is 4. The summed E-state index contributed by atoms with van der Waals surface area (Å²) in [4.78, 5) is 29.0. The smallest absolute Gasteiger partial charge is 0.274 e. The van der Waals surface area contributed by atoms with E-state index in [2.05, 4.69) is 27.6 Å².